The summed E-state index contributed by atoms with van der Waals surface area (Å²) in [5.74, 6) is 6.69. The van der Waals surface area contributed by atoms with Crippen LogP contribution in [-0.4, -0.2) is 32.8 Å². The summed E-state index contributed by atoms with van der Waals surface area (Å²) in [5, 5.41) is 3.14. The molecule has 0 saturated heterocycles. The van der Waals surface area contributed by atoms with Crippen LogP contribution < -0.4 is 16.6 Å². The molecule has 0 aliphatic carbocycles. The summed E-state index contributed by atoms with van der Waals surface area (Å²) in [7, 11) is 1.70. The van der Waals surface area contributed by atoms with Gasteiger partial charge in [-0.3, -0.25) is 10.4 Å². The Balaban J connectivity index is 3.82. The summed E-state index contributed by atoms with van der Waals surface area (Å²) in [4.78, 5) is 4.41. The van der Waals surface area contributed by atoms with Crippen molar-refractivity contribution in [3.8, 4) is 0 Å². The van der Waals surface area contributed by atoms with E-state index in [-0.39, 0.29) is 0 Å². The van der Waals surface area contributed by atoms with Crippen molar-refractivity contribution in [2.75, 3.05) is 26.8 Å². The maximum Gasteiger partial charge on any atom is 0.205 e. The number of nitrogens with one attached hydrogen (secondary N) is 2. The third kappa shape index (κ3) is 7.48. The fraction of sp³-hybridized carbons (Fsp3) is 0.909. The third-order valence-electron chi connectivity index (χ3n) is 2.62. The fourth-order valence-corrected chi connectivity index (χ4v) is 1.34. The number of nitrogens with two attached hydrogens (primary N) is 1. The van der Waals surface area contributed by atoms with Gasteiger partial charge in [0.2, 0.25) is 5.96 Å². The average molecular weight is 230 g/mol. The van der Waals surface area contributed by atoms with Crippen molar-refractivity contribution in [2.45, 2.75) is 33.1 Å². The lowest BCUT2D eigenvalue weighted by Crippen LogP contribution is -2.42. The van der Waals surface area contributed by atoms with Crippen LogP contribution in [0.2, 0.25) is 0 Å². The topological polar surface area (TPSA) is 71.7 Å². The molecule has 0 spiro atoms. The maximum atomic E-state index is 5.38. The smallest absolute Gasteiger partial charge is 0.205 e. The molecule has 0 atom stereocenters. The fourth-order valence-electron chi connectivity index (χ4n) is 1.34. The summed E-state index contributed by atoms with van der Waals surface area (Å²) in [5.41, 5.74) is 2.58. The Labute approximate surface area is 98.8 Å². The lowest BCUT2D eigenvalue weighted by molar-refractivity contribution is 0.195. The van der Waals surface area contributed by atoms with Gasteiger partial charge in [-0.25, -0.2) is 5.84 Å². The monoisotopic (exact) mass is 230 g/mol. The Kier molecular flexibility index (Phi) is 10.2. The van der Waals surface area contributed by atoms with Crippen LogP contribution in [-0.2, 0) is 4.74 Å². The molecule has 0 rings (SSSR count). The van der Waals surface area contributed by atoms with Crippen molar-refractivity contribution in [2.24, 2.45) is 16.8 Å². The largest absolute Gasteiger partial charge is 0.385 e. The Bertz CT molecular complexity index is 181. The highest BCUT2D eigenvalue weighted by molar-refractivity contribution is 5.79. The molecule has 0 fully saturated rings. The summed E-state index contributed by atoms with van der Waals surface area (Å²) >= 11 is 0. The number of aliphatic imine (C=N–C) groups is 1. The Morgan fingerprint density at radius 1 is 1.38 bits per heavy atom. The van der Waals surface area contributed by atoms with Gasteiger partial charge in [0.15, 0.2) is 0 Å². The van der Waals surface area contributed by atoms with Crippen LogP contribution in [0, 0.1) is 5.92 Å². The highest BCUT2D eigenvalue weighted by atomic mass is 16.5. The molecule has 0 saturated carbocycles. The number of methoxy groups -OCH3 is 1. The van der Waals surface area contributed by atoms with Crippen LogP contribution in [0.25, 0.3) is 0 Å². The van der Waals surface area contributed by atoms with Gasteiger partial charge in [-0.15, -0.1) is 0 Å². The molecule has 0 bridgehead atoms. The lowest BCUT2D eigenvalue weighted by Gasteiger charge is -2.12. The second kappa shape index (κ2) is 10.7. The van der Waals surface area contributed by atoms with Gasteiger partial charge in [0.05, 0.1) is 0 Å². The molecule has 5 heteroatoms. The summed E-state index contributed by atoms with van der Waals surface area (Å²) in [6.07, 6.45) is 3.26. The summed E-state index contributed by atoms with van der Waals surface area (Å²) < 4.78 is 4.96. The maximum absolute atomic E-state index is 5.38. The zero-order chi connectivity index (χ0) is 12.2. The van der Waals surface area contributed by atoms with E-state index in [1.807, 2.05) is 0 Å². The van der Waals surface area contributed by atoms with Gasteiger partial charge in [0.25, 0.3) is 0 Å². The van der Waals surface area contributed by atoms with E-state index in [0.29, 0.717) is 11.9 Å². The molecule has 0 radical (unpaired) electrons. The Morgan fingerprint density at radius 2 is 2.06 bits per heavy atom. The average Bonchev–Trinajstić information content (AvgIpc) is 2.33. The zero-order valence-electron chi connectivity index (χ0n) is 10.8. The molecule has 96 valence electrons. The van der Waals surface area contributed by atoms with Crippen LogP contribution in [0.4, 0.5) is 0 Å². The first-order valence-corrected chi connectivity index (χ1v) is 6.02. The minimum atomic E-state index is 0.643. The molecule has 0 aliphatic heterocycles. The molecule has 5 nitrogen and oxygen atoms in total. The van der Waals surface area contributed by atoms with Crippen molar-refractivity contribution in [1.82, 2.24) is 10.7 Å². The highest BCUT2D eigenvalue weighted by Gasteiger charge is 2.02. The molecule has 0 heterocycles. The quantitative estimate of drug-likeness (QED) is 0.190. The molecule has 4 N–H and O–H groups in total. The first-order chi connectivity index (χ1) is 7.78. The number of guanidine groups is 1. The van der Waals surface area contributed by atoms with Crippen molar-refractivity contribution in [3.63, 3.8) is 0 Å². The normalized spacial score (nSPS) is 11.9. The highest BCUT2D eigenvalue weighted by Crippen LogP contribution is 2.06. The molecule has 0 aromatic rings. The van der Waals surface area contributed by atoms with E-state index in [9.17, 15) is 0 Å². The van der Waals surface area contributed by atoms with Crippen LogP contribution in [0.15, 0.2) is 4.99 Å². The SMILES string of the molecule is CCC(CC)CN=C(NN)NCCCOC. The summed E-state index contributed by atoms with van der Waals surface area (Å²) in [6.45, 7) is 6.76. The van der Waals surface area contributed by atoms with Crippen molar-refractivity contribution >= 4 is 5.96 Å². The number of rotatable bonds is 8. The van der Waals surface area contributed by atoms with E-state index in [2.05, 4.69) is 29.6 Å². The van der Waals surface area contributed by atoms with E-state index in [4.69, 9.17) is 10.6 Å². The second-order valence-electron chi connectivity index (χ2n) is 3.79. The number of hydrogen-bond acceptors (Lipinski definition) is 3. The third-order valence-corrected chi connectivity index (χ3v) is 2.62. The van der Waals surface area contributed by atoms with Crippen LogP contribution in [0.1, 0.15) is 33.1 Å². The standard InChI is InChI=1S/C11H26N4O/c1-4-10(5-2)9-14-11(15-12)13-7-6-8-16-3/h10H,4-9,12H2,1-3H3,(H2,13,14,15). The van der Waals surface area contributed by atoms with Gasteiger partial charge < -0.3 is 10.1 Å². The number of hydrazine groups is 1. The second-order valence-corrected chi connectivity index (χ2v) is 3.79. The minimum absolute atomic E-state index is 0.643. The number of hydrogen-bond donors (Lipinski definition) is 3. The predicted octanol–water partition coefficient (Wildman–Crippen LogP) is 0.868. The van der Waals surface area contributed by atoms with E-state index in [1.165, 1.54) is 0 Å². The van der Waals surface area contributed by atoms with Gasteiger partial charge in [-0.05, 0) is 12.3 Å². The van der Waals surface area contributed by atoms with E-state index in [1.54, 1.807) is 7.11 Å². The van der Waals surface area contributed by atoms with Crippen LogP contribution in [0.3, 0.4) is 0 Å². The number of ether oxygens (including phenoxy) is 1. The minimum Gasteiger partial charge on any atom is -0.385 e. The van der Waals surface area contributed by atoms with E-state index < -0.39 is 0 Å². The van der Waals surface area contributed by atoms with Gasteiger partial charge in [0.1, 0.15) is 0 Å². The van der Waals surface area contributed by atoms with Crippen molar-refractivity contribution in [1.29, 1.82) is 0 Å². The summed E-state index contributed by atoms with van der Waals surface area (Å²) in [6, 6.07) is 0. The zero-order valence-corrected chi connectivity index (χ0v) is 10.8. The number of nitrogens with zero attached hydrogens (tertiary/aromatic N) is 1. The molecule has 0 amide bonds. The predicted molar refractivity (Wildman–Crippen MR) is 68.2 cm³/mol. The molecule has 0 aliphatic rings. The Hall–Kier alpha value is -0.810. The molecule has 0 aromatic carbocycles. The van der Waals surface area contributed by atoms with Gasteiger partial charge in [0, 0.05) is 26.8 Å². The van der Waals surface area contributed by atoms with Gasteiger partial charge >= 0.3 is 0 Å². The van der Waals surface area contributed by atoms with Gasteiger partial charge in [-0.2, -0.15) is 0 Å². The Morgan fingerprint density at radius 3 is 2.56 bits per heavy atom. The molecular formula is C11H26N4O. The van der Waals surface area contributed by atoms with Crippen LogP contribution >= 0.6 is 0 Å². The molecule has 0 unspecified atom stereocenters. The lowest BCUT2D eigenvalue weighted by atomic mass is 10.0. The van der Waals surface area contributed by atoms with E-state index >= 15 is 0 Å². The molecule has 0 aromatic heterocycles. The van der Waals surface area contributed by atoms with Crippen molar-refractivity contribution in [3.05, 3.63) is 0 Å². The van der Waals surface area contributed by atoms with Gasteiger partial charge in [-0.1, -0.05) is 26.7 Å². The van der Waals surface area contributed by atoms with Crippen molar-refractivity contribution < 1.29 is 4.74 Å². The van der Waals surface area contributed by atoms with E-state index in [0.717, 1.165) is 39.0 Å². The van der Waals surface area contributed by atoms with Crippen LogP contribution in [0.5, 0.6) is 0 Å². The molecular weight excluding hydrogens is 204 g/mol. The first-order valence-electron chi connectivity index (χ1n) is 6.02. The molecule has 16 heavy (non-hydrogen) atoms. The first kappa shape index (κ1) is 15.2.